The minimum Gasteiger partial charge on any atom is -0.352 e. The lowest BCUT2D eigenvalue weighted by atomic mass is 10.1. The first-order chi connectivity index (χ1) is 11.8. The number of benzene rings is 2. The highest BCUT2D eigenvalue weighted by Gasteiger charge is 2.23. The second kappa shape index (κ2) is 8.22. The van der Waals surface area contributed by atoms with Gasteiger partial charge in [0.15, 0.2) is 0 Å². The molecule has 7 heteroatoms. The average molecular weight is 364 g/mol. The first-order valence-electron chi connectivity index (χ1n) is 7.91. The molecule has 25 heavy (non-hydrogen) atoms. The summed E-state index contributed by atoms with van der Waals surface area (Å²) in [4.78, 5) is 12.3. The molecule has 0 saturated heterocycles. The predicted octanol–water partition coefficient (Wildman–Crippen LogP) is 2.24. The zero-order valence-corrected chi connectivity index (χ0v) is 14.9. The molecular formula is C18H21FN2O3S. The quantitative estimate of drug-likeness (QED) is 0.791. The van der Waals surface area contributed by atoms with Crippen molar-refractivity contribution >= 4 is 15.9 Å². The van der Waals surface area contributed by atoms with Crippen molar-refractivity contribution in [2.45, 2.75) is 37.2 Å². The van der Waals surface area contributed by atoms with Crippen LogP contribution in [0.1, 0.15) is 19.4 Å². The van der Waals surface area contributed by atoms with Crippen LogP contribution in [0.4, 0.5) is 4.39 Å². The number of halogens is 1. The van der Waals surface area contributed by atoms with E-state index in [0.717, 1.165) is 0 Å². The van der Waals surface area contributed by atoms with Gasteiger partial charge in [-0.1, -0.05) is 36.4 Å². The first-order valence-corrected chi connectivity index (χ1v) is 9.39. The molecule has 1 amide bonds. The molecule has 2 atom stereocenters. The number of hydrogen-bond donors (Lipinski definition) is 2. The smallest absolute Gasteiger partial charge is 0.241 e. The summed E-state index contributed by atoms with van der Waals surface area (Å²) in [6, 6.07) is 12.9. The van der Waals surface area contributed by atoms with Gasteiger partial charge in [0.05, 0.1) is 10.9 Å². The van der Waals surface area contributed by atoms with Gasteiger partial charge >= 0.3 is 0 Å². The Morgan fingerprint density at radius 1 is 1.04 bits per heavy atom. The van der Waals surface area contributed by atoms with Gasteiger partial charge in [-0.15, -0.1) is 0 Å². The Morgan fingerprint density at radius 2 is 1.64 bits per heavy atom. The summed E-state index contributed by atoms with van der Waals surface area (Å²) >= 11 is 0. The third-order valence-electron chi connectivity index (χ3n) is 3.65. The maximum absolute atomic E-state index is 13.7. The van der Waals surface area contributed by atoms with Gasteiger partial charge in [0.1, 0.15) is 5.82 Å². The van der Waals surface area contributed by atoms with E-state index in [-0.39, 0.29) is 16.8 Å². The van der Waals surface area contributed by atoms with Crippen LogP contribution in [-0.2, 0) is 21.2 Å². The van der Waals surface area contributed by atoms with Crippen molar-refractivity contribution in [1.82, 2.24) is 10.0 Å². The van der Waals surface area contributed by atoms with Crippen LogP contribution in [-0.4, -0.2) is 26.4 Å². The molecule has 134 valence electrons. The lowest BCUT2D eigenvalue weighted by Gasteiger charge is -2.19. The fourth-order valence-electron chi connectivity index (χ4n) is 2.37. The molecule has 0 saturated carbocycles. The van der Waals surface area contributed by atoms with Crippen molar-refractivity contribution in [2.75, 3.05) is 0 Å². The maximum atomic E-state index is 13.7. The van der Waals surface area contributed by atoms with E-state index in [1.807, 2.05) is 0 Å². The van der Waals surface area contributed by atoms with Gasteiger partial charge in [0, 0.05) is 6.04 Å². The van der Waals surface area contributed by atoms with E-state index in [2.05, 4.69) is 10.0 Å². The Kier molecular flexibility index (Phi) is 6.27. The summed E-state index contributed by atoms with van der Waals surface area (Å²) in [6.45, 7) is 3.20. The van der Waals surface area contributed by atoms with E-state index in [0.29, 0.717) is 12.0 Å². The fraction of sp³-hybridized carbons (Fsp3) is 0.278. The van der Waals surface area contributed by atoms with Crippen LogP contribution in [0, 0.1) is 5.82 Å². The Labute approximate surface area is 147 Å². The van der Waals surface area contributed by atoms with Gasteiger partial charge in [-0.05, 0) is 44.0 Å². The monoisotopic (exact) mass is 364 g/mol. The molecule has 0 aromatic heterocycles. The minimum absolute atomic E-state index is 0.0917. The van der Waals surface area contributed by atoms with Gasteiger partial charge in [-0.3, -0.25) is 4.79 Å². The summed E-state index contributed by atoms with van der Waals surface area (Å²) in [6.07, 6.45) is 0.316. The number of rotatable bonds is 7. The second-order valence-electron chi connectivity index (χ2n) is 5.86. The average Bonchev–Trinajstić information content (AvgIpc) is 2.57. The molecule has 0 aliphatic heterocycles. The molecule has 2 rings (SSSR count). The van der Waals surface area contributed by atoms with E-state index in [1.54, 1.807) is 43.3 Å². The number of carbonyl (C=O) groups excluding carboxylic acids is 1. The largest absolute Gasteiger partial charge is 0.352 e. The van der Waals surface area contributed by atoms with E-state index in [9.17, 15) is 17.6 Å². The summed E-state index contributed by atoms with van der Waals surface area (Å²) in [5.41, 5.74) is 0.493. The summed E-state index contributed by atoms with van der Waals surface area (Å²) in [5.74, 6) is -0.801. The van der Waals surface area contributed by atoms with Crippen LogP contribution in [0.5, 0.6) is 0 Å². The van der Waals surface area contributed by atoms with Crippen LogP contribution in [0.3, 0.4) is 0 Å². The maximum Gasteiger partial charge on any atom is 0.241 e. The SMILES string of the molecule is CC(Cc1ccccc1F)NC(=O)[C@H](C)NS(=O)(=O)c1ccccc1. The molecule has 1 unspecified atom stereocenters. The normalized spacial score (nSPS) is 13.9. The fourth-order valence-corrected chi connectivity index (χ4v) is 3.59. The summed E-state index contributed by atoms with van der Waals surface area (Å²) in [5, 5.41) is 2.70. The highest BCUT2D eigenvalue weighted by molar-refractivity contribution is 7.89. The molecule has 5 nitrogen and oxygen atoms in total. The molecule has 0 fully saturated rings. The Hall–Kier alpha value is -2.25. The van der Waals surface area contributed by atoms with E-state index in [1.165, 1.54) is 25.1 Å². The van der Waals surface area contributed by atoms with Crippen LogP contribution in [0.15, 0.2) is 59.5 Å². The molecule has 0 bridgehead atoms. The van der Waals surface area contributed by atoms with E-state index >= 15 is 0 Å². The van der Waals surface area contributed by atoms with Gasteiger partial charge in [-0.25, -0.2) is 12.8 Å². The highest BCUT2D eigenvalue weighted by atomic mass is 32.2. The third kappa shape index (κ3) is 5.37. The first kappa shape index (κ1) is 19.1. The second-order valence-corrected chi connectivity index (χ2v) is 7.58. The minimum atomic E-state index is -3.78. The Bertz CT molecular complexity index is 825. The molecule has 0 aliphatic rings. The van der Waals surface area contributed by atoms with Crippen LogP contribution < -0.4 is 10.0 Å². The van der Waals surface area contributed by atoms with Gasteiger partial charge in [-0.2, -0.15) is 4.72 Å². The molecule has 0 radical (unpaired) electrons. The lowest BCUT2D eigenvalue weighted by Crippen LogP contribution is -2.47. The molecule has 0 heterocycles. The highest BCUT2D eigenvalue weighted by Crippen LogP contribution is 2.10. The molecule has 0 spiro atoms. The number of hydrogen-bond acceptors (Lipinski definition) is 3. The zero-order valence-electron chi connectivity index (χ0n) is 14.1. The zero-order chi connectivity index (χ0) is 18.4. The topological polar surface area (TPSA) is 75.3 Å². The Balaban J connectivity index is 1.95. The molecule has 2 aromatic rings. The van der Waals surface area contributed by atoms with Crippen LogP contribution in [0.25, 0.3) is 0 Å². The van der Waals surface area contributed by atoms with E-state index in [4.69, 9.17) is 0 Å². The lowest BCUT2D eigenvalue weighted by molar-refractivity contribution is -0.122. The van der Waals surface area contributed by atoms with Crippen molar-refractivity contribution in [3.8, 4) is 0 Å². The number of carbonyl (C=O) groups is 1. The van der Waals surface area contributed by atoms with Crippen molar-refractivity contribution in [3.63, 3.8) is 0 Å². The van der Waals surface area contributed by atoms with Crippen LogP contribution >= 0.6 is 0 Å². The number of sulfonamides is 1. The molecule has 0 aliphatic carbocycles. The standard InChI is InChI=1S/C18H21FN2O3S/c1-13(12-15-8-6-7-11-17(15)19)20-18(22)14(2)21-25(23,24)16-9-4-3-5-10-16/h3-11,13-14,21H,12H2,1-2H3,(H,20,22)/t13?,14-/m0/s1. The van der Waals surface area contributed by atoms with Gasteiger partial charge < -0.3 is 5.32 Å². The van der Waals surface area contributed by atoms with Crippen LogP contribution in [0.2, 0.25) is 0 Å². The summed E-state index contributed by atoms with van der Waals surface area (Å²) < 4.78 is 40.4. The van der Waals surface area contributed by atoms with Crippen molar-refractivity contribution in [2.24, 2.45) is 0 Å². The third-order valence-corrected chi connectivity index (χ3v) is 5.21. The van der Waals surface area contributed by atoms with Gasteiger partial charge in [0.2, 0.25) is 15.9 Å². The van der Waals surface area contributed by atoms with Crippen molar-refractivity contribution < 1.29 is 17.6 Å². The van der Waals surface area contributed by atoms with Gasteiger partial charge in [0.25, 0.3) is 0 Å². The number of nitrogens with one attached hydrogen (secondary N) is 2. The van der Waals surface area contributed by atoms with Crippen molar-refractivity contribution in [1.29, 1.82) is 0 Å². The predicted molar refractivity (Wildman–Crippen MR) is 93.9 cm³/mol. The molecule has 2 N–H and O–H groups in total. The van der Waals surface area contributed by atoms with Crippen molar-refractivity contribution in [3.05, 3.63) is 66.0 Å². The van der Waals surface area contributed by atoms with E-state index < -0.39 is 22.0 Å². The number of amides is 1. The molecular weight excluding hydrogens is 343 g/mol. The molecule has 2 aromatic carbocycles. The summed E-state index contributed by atoms with van der Waals surface area (Å²) in [7, 11) is -3.78. The Morgan fingerprint density at radius 3 is 2.28 bits per heavy atom.